The van der Waals surface area contributed by atoms with Crippen molar-refractivity contribution in [3.8, 4) is 0 Å². The van der Waals surface area contributed by atoms with E-state index in [1.165, 1.54) is 10.9 Å². The number of para-hydroxylation sites is 1. The van der Waals surface area contributed by atoms with Crippen LogP contribution < -0.4 is 5.32 Å². The molecule has 3 aliphatic rings. The lowest BCUT2D eigenvalue weighted by Crippen LogP contribution is -2.44. The Morgan fingerprint density at radius 2 is 1.97 bits per heavy atom. The highest BCUT2D eigenvalue weighted by Gasteiger charge is 2.66. The first kappa shape index (κ1) is 19.3. The number of carbonyl (C=O) groups is 2. The Kier molecular flexibility index (Phi) is 4.43. The van der Waals surface area contributed by atoms with Crippen molar-refractivity contribution in [2.45, 2.75) is 24.7 Å². The number of likely N-dealkylation sites (tertiary alicyclic amines) is 1. The zero-order valence-electron chi connectivity index (χ0n) is 17.7. The van der Waals surface area contributed by atoms with Gasteiger partial charge in [-0.1, -0.05) is 60.7 Å². The third kappa shape index (κ3) is 2.98. The highest BCUT2D eigenvalue weighted by molar-refractivity contribution is 5.93. The van der Waals surface area contributed by atoms with Crippen molar-refractivity contribution in [3.05, 3.63) is 84.1 Å². The molecule has 2 bridgehead atoms. The molecule has 0 radical (unpaired) electrons. The number of rotatable bonds is 6. The summed E-state index contributed by atoms with van der Waals surface area (Å²) in [5, 5.41) is 4.20. The van der Waals surface area contributed by atoms with Crippen LogP contribution in [0.4, 0.5) is 0 Å². The third-order valence-electron chi connectivity index (χ3n) is 7.12. The molecule has 4 atom stereocenters. The van der Waals surface area contributed by atoms with Crippen LogP contribution in [0.1, 0.15) is 11.1 Å². The van der Waals surface area contributed by atoms with Crippen LogP contribution in [0, 0.1) is 11.8 Å². The van der Waals surface area contributed by atoms with Gasteiger partial charge in [-0.2, -0.15) is 0 Å². The molecule has 1 spiro atoms. The van der Waals surface area contributed by atoms with Gasteiger partial charge in [-0.25, -0.2) is 0 Å². The van der Waals surface area contributed by atoms with Crippen LogP contribution in [0.15, 0.2) is 72.9 Å². The first-order valence-corrected chi connectivity index (χ1v) is 11.2. The molecule has 0 saturated carbocycles. The van der Waals surface area contributed by atoms with Gasteiger partial charge in [0.2, 0.25) is 11.8 Å². The molecule has 1 aromatic heterocycles. The van der Waals surface area contributed by atoms with Crippen LogP contribution >= 0.6 is 0 Å². The van der Waals surface area contributed by atoms with Crippen molar-refractivity contribution in [2.24, 2.45) is 11.8 Å². The number of H-pyrrole nitrogens is 1. The van der Waals surface area contributed by atoms with Gasteiger partial charge in [-0.05, 0) is 23.6 Å². The topological polar surface area (TPSA) is 74.4 Å². The highest BCUT2D eigenvalue weighted by atomic mass is 16.5. The molecular formula is C26H25N3O3. The zero-order chi connectivity index (χ0) is 21.7. The summed E-state index contributed by atoms with van der Waals surface area (Å²) in [6, 6.07) is 18.0. The van der Waals surface area contributed by atoms with E-state index in [-0.39, 0.29) is 17.9 Å². The summed E-state index contributed by atoms with van der Waals surface area (Å²) >= 11 is 0. The van der Waals surface area contributed by atoms with E-state index in [1.807, 2.05) is 65.7 Å². The number of carbonyl (C=O) groups excluding carboxylic acids is 2. The fraction of sp³-hybridized carbons (Fsp3) is 0.308. The van der Waals surface area contributed by atoms with Crippen LogP contribution in [-0.2, 0) is 27.3 Å². The van der Waals surface area contributed by atoms with Crippen molar-refractivity contribution in [2.75, 3.05) is 13.1 Å². The predicted molar refractivity (Wildman–Crippen MR) is 121 cm³/mol. The molecule has 2 saturated heterocycles. The van der Waals surface area contributed by atoms with E-state index in [0.29, 0.717) is 19.6 Å². The van der Waals surface area contributed by atoms with Gasteiger partial charge in [0.25, 0.3) is 0 Å². The van der Waals surface area contributed by atoms with Crippen molar-refractivity contribution < 1.29 is 14.3 Å². The van der Waals surface area contributed by atoms with Crippen molar-refractivity contribution >= 4 is 22.7 Å². The summed E-state index contributed by atoms with van der Waals surface area (Å²) in [5.74, 6) is -1.01. The minimum atomic E-state index is -0.670. The number of fused-ring (bicyclic) bond motifs is 2. The molecule has 0 aliphatic carbocycles. The Morgan fingerprint density at radius 1 is 1.16 bits per heavy atom. The maximum absolute atomic E-state index is 13.4. The van der Waals surface area contributed by atoms with Gasteiger partial charge in [-0.15, -0.1) is 0 Å². The van der Waals surface area contributed by atoms with Gasteiger partial charge in [-0.3, -0.25) is 9.59 Å². The molecule has 2 N–H and O–H groups in total. The van der Waals surface area contributed by atoms with Crippen molar-refractivity contribution in [1.29, 1.82) is 0 Å². The number of hydrogen-bond acceptors (Lipinski definition) is 3. The molecule has 2 fully saturated rings. The summed E-state index contributed by atoms with van der Waals surface area (Å²) in [6.07, 6.45) is 6.42. The quantitative estimate of drug-likeness (QED) is 0.594. The number of amides is 2. The zero-order valence-corrected chi connectivity index (χ0v) is 17.7. The fourth-order valence-electron chi connectivity index (χ4n) is 5.56. The first-order valence-electron chi connectivity index (χ1n) is 11.2. The third-order valence-corrected chi connectivity index (χ3v) is 7.12. The van der Waals surface area contributed by atoms with E-state index >= 15 is 0 Å². The van der Waals surface area contributed by atoms with Crippen molar-refractivity contribution in [3.63, 3.8) is 0 Å². The standard InChI is InChI=1S/C26H25N3O3/c30-24(28-14-17-6-2-1-3-7-17)22-21-10-12-26(32-21)16-29(25(31)23(22)26)13-11-18-15-27-20-9-5-4-8-19(18)20/h1-10,12,15,21-23,27H,11,13-14,16H2,(H,28,30)/t21-,22+,23+,26-/m0/s1. The minimum Gasteiger partial charge on any atom is -0.361 e. The van der Waals surface area contributed by atoms with E-state index < -0.39 is 17.4 Å². The molecular weight excluding hydrogens is 402 g/mol. The van der Waals surface area contributed by atoms with E-state index in [9.17, 15) is 9.59 Å². The number of aromatic amines is 1. The lowest BCUT2D eigenvalue weighted by molar-refractivity contribution is -0.137. The van der Waals surface area contributed by atoms with Gasteiger partial charge in [0.05, 0.1) is 24.5 Å². The van der Waals surface area contributed by atoms with Crippen LogP contribution in [0.5, 0.6) is 0 Å². The molecule has 6 rings (SSSR count). The largest absolute Gasteiger partial charge is 0.361 e. The molecule has 2 amide bonds. The highest BCUT2D eigenvalue weighted by Crippen LogP contribution is 2.51. The van der Waals surface area contributed by atoms with E-state index in [4.69, 9.17) is 4.74 Å². The summed E-state index contributed by atoms with van der Waals surface area (Å²) in [4.78, 5) is 31.7. The average molecular weight is 428 g/mol. The molecule has 162 valence electrons. The summed E-state index contributed by atoms with van der Waals surface area (Å²) in [7, 11) is 0. The monoisotopic (exact) mass is 427 g/mol. The number of hydrogen-bond donors (Lipinski definition) is 2. The van der Waals surface area contributed by atoms with Crippen LogP contribution in [0.2, 0.25) is 0 Å². The molecule has 3 aromatic rings. The summed E-state index contributed by atoms with van der Waals surface area (Å²) in [6.45, 7) is 1.57. The number of aromatic nitrogens is 1. The molecule has 6 nitrogen and oxygen atoms in total. The Morgan fingerprint density at radius 3 is 2.84 bits per heavy atom. The molecule has 32 heavy (non-hydrogen) atoms. The molecule has 6 heteroatoms. The SMILES string of the molecule is O=C(NCc1ccccc1)[C@@H]1[C@@H]2C=C[C@@]3(CN(CCc4c[nH]c5ccccc45)C(=O)[C@@H]13)O2. The maximum atomic E-state index is 13.4. The van der Waals surface area contributed by atoms with Crippen LogP contribution in [0.3, 0.4) is 0 Å². The smallest absolute Gasteiger partial charge is 0.230 e. The number of benzene rings is 2. The fourth-order valence-corrected chi connectivity index (χ4v) is 5.56. The predicted octanol–water partition coefficient (Wildman–Crippen LogP) is 2.81. The second kappa shape index (κ2) is 7.35. The van der Waals surface area contributed by atoms with Gasteiger partial charge in [0.1, 0.15) is 5.60 Å². The van der Waals surface area contributed by atoms with Crippen LogP contribution in [0.25, 0.3) is 10.9 Å². The van der Waals surface area contributed by atoms with E-state index in [2.05, 4.69) is 22.4 Å². The normalized spacial score (nSPS) is 27.9. The number of nitrogens with one attached hydrogen (secondary N) is 2. The Hall–Kier alpha value is -3.38. The lowest BCUT2D eigenvalue weighted by Gasteiger charge is -2.23. The van der Waals surface area contributed by atoms with Gasteiger partial charge in [0.15, 0.2) is 0 Å². The second-order valence-electron chi connectivity index (χ2n) is 8.97. The number of nitrogens with zero attached hydrogens (tertiary/aromatic N) is 1. The minimum absolute atomic E-state index is 0.0246. The van der Waals surface area contributed by atoms with E-state index in [0.717, 1.165) is 17.5 Å². The molecule has 4 heterocycles. The number of ether oxygens (including phenoxy) is 1. The maximum Gasteiger partial charge on any atom is 0.230 e. The Bertz CT molecular complexity index is 1220. The Balaban J connectivity index is 1.17. The second-order valence-corrected chi connectivity index (χ2v) is 8.97. The first-order chi connectivity index (χ1) is 15.6. The van der Waals surface area contributed by atoms with E-state index in [1.54, 1.807) is 0 Å². The lowest BCUT2D eigenvalue weighted by atomic mass is 9.77. The van der Waals surface area contributed by atoms with Gasteiger partial charge >= 0.3 is 0 Å². The molecule has 2 aromatic carbocycles. The molecule has 3 aliphatic heterocycles. The average Bonchev–Trinajstić information content (AvgIpc) is 3.56. The van der Waals surface area contributed by atoms with Gasteiger partial charge in [0, 0.05) is 30.2 Å². The molecule has 0 unspecified atom stereocenters. The van der Waals surface area contributed by atoms with Crippen LogP contribution in [-0.4, -0.2) is 46.5 Å². The summed E-state index contributed by atoms with van der Waals surface area (Å²) < 4.78 is 6.24. The Labute approximate surface area is 186 Å². The van der Waals surface area contributed by atoms with Crippen molar-refractivity contribution in [1.82, 2.24) is 15.2 Å². The summed E-state index contributed by atoms with van der Waals surface area (Å²) in [5.41, 5.74) is 2.66. The van der Waals surface area contributed by atoms with Gasteiger partial charge < -0.3 is 19.9 Å².